The van der Waals surface area contributed by atoms with Gasteiger partial charge in [0.05, 0.1) is 0 Å². The number of unbranched alkanes of at least 4 members (excludes halogenated alkanes) is 2. The van der Waals surface area contributed by atoms with Crippen LogP contribution in [0.4, 0.5) is 0 Å². The summed E-state index contributed by atoms with van der Waals surface area (Å²) in [7, 11) is 0. The van der Waals surface area contributed by atoms with Gasteiger partial charge in [-0.15, -0.1) is 37.2 Å². The molecule has 0 aromatic heterocycles. The molecule has 6 heteroatoms. The first kappa shape index (κ1) is 29.9. The summed E-state index contributed by atoms with van der Waals surface area (Å²) < 4.78 is 0. The number of hydrogen-bond donors (Lipinski definition) is 3. The first-order valence-corrected chi connectivity index (χ1v) is 10.9. The van der Waals surface area contributed by atoms with Crippen molar-refractivity contribution in [3.05, 3.63) is 60.2 Å². The fraction of sp³-hybridized carbons (Fsp3) is 0.440. The number of nitrogens with one attached hydrogen (secondary N) is 2. The zero-order valence-electron chi connectivity index (χ0n) is 18.3. The predicted octanol–water partition coefficient (Wildman–Crippen LogP) is 5.89. The molecule has 0 radical (unpaired) electrons. The molecule has 0 bridgehead atoms. The second-order valence-electron chi connectivity index (χ2n) is 7.60. The van der Waals surface area contributed by atoms with Crippen LogP contribution in [0, 0.1) is 0 Å². The van der Waals surface area contributed by atoms with Crippen LogP contribution in [-0.4, -0.2) is 32.7 Å². The quantitative estimate of drug-likeness (QED) is 0.208. The van der Waals surface area contributed by atoms with Crippen LogP contribution < -0.4 is 16.4 Å². The van der Waals surface area contributed by atoms with Crippen molar-refractivity contribution in [2.45, 2.75) is 38.5 Å². The second kappa shape index (κ2) is 17.5. The highest BCUT2D eigenvalue weighted by atomic mass is 35.5. The molecule has 0 spiro atoms. The van der Waals surface area contributed by atoms with Gasteiger partial charge in [-0.2, -0.15) is 0 Å². The van der Waals surface area contributed by atoms with Gasteiger partial charge in [0.25, 0.3) is 0 Å². The summed E-state index contributed by atoms with van der Waals surface area (Å²) in [6.45, 7) is 5.22. The van der Waals surface area contributed by atoms with Crippen molar-refractivity contribution >= 4 is 58.8 Å². The van der Waals surface area contributed by atoms with Crippen LogP contribution in [0.25, 0.3) is 21.5 Å². The first-order valence-electron chi connectivity index (χ1n) is 10.9. The Bertz CT molecular complexity index is 804. The van der Waals surface area contributed by atoms with Crippen LogP contribution >= 0.6 is 37.2 Å². The molecule has 3 aromatic carbocycles. The Hall–Kier alpha value is -1.07. The molecule has 0 atom stereocenters. The average molecular weight is 487 g/mol. The maximum atomic E-state index is 5.50. The van der Waals surface area contributed by atoms with Crippen molar-refractivity contribution in [3.8, 4) is 0 Å². The molecule has 3 aromatic rings. The number of aryl methyl sites for hydroxylation is 1. The topological polar surface area (TPSA) is 50.1 Å². The third-order valence-electron chi connectivity index (χ3n) is 5.43. The molecular weight excluding hydrogens is 449 g/mol. The molecule has 0 aliphatic carbocycles. The molecule has 3 nitrogen and oxygen atoms in total. The molecule has 31 heavy (non-hydrogen) atoms. The molecule has 0 amide bonds. The lowest BCUT2D eigenvalue weighted by molar-refractivity contribution is 0.563. The van der Waals surface area contributed by atoms with E-state index >= 15 is 0 Å². The Balaban J connectivity index is 0.00000300. The number of halogens is 3. The summed E-state index contributed by atoms with van der Waals surface area (Å²) in [5.74, 6) is 0. The van der Waals surface area contributed by atoms with Crippen molar-refractivity contribution in [3.63, 3.8) is 0 Å². The van der Waals surface area contributed by atoms with E-state index in [4.69, 9.17) is 5.73 Å². The van der Waals surface area contributed by atoms with Gasteiger partial charge in [0.1, 0.15) is 0 Å². The van der Waals surface area contributed by atoms with E-state index in [0.717, 1.165) is 45.6 Å². The molecule has 0 saturated heterocycles. The van der Waals surface area contributed by atoms with Crippen LogP contribution in [0.1, 0.15) is 37.7 Å². The van der Waals surface area contributed by atoms with Crippen molar-refractivity contribution < 1.29 is 0 Å². The van der Waals surface area contributed by atoms with Crippen molar-refractivity contribution in [2.75, 3.05) is 32.7 Å². The average Bonchev–Trinajstić information content (AvgIpc) is 2.73. The van der Waals surface area contributed by atoms with Crippen LogP contribution in [0.15, 0.2) is 54.6 Å². The lowest BCUT2D eigenvalue weighted by Crippen LogP contribution is -2.21. The van der Waals surface area contributed by atoms with Crippen LogP contribution in [0.2, 0.25) is 0 Å². The Morgan fingerprint density at radius 3 is 1.55 bits per heavy atom. The molecule has 0 unspecified atom stereocenters. The summed E-state index contributed by atoms with van der Waals surface area (Å²) >= 11 is 0. The summed E-state index contributed by atoms with van der Waals surface area (Å²) in [5, 5.41) is 12.6. The van der Waals surface area contributed by atoms with Crippen molar-refractivity contribution in [2.24, 2.45) is 5.73 Å². The zero-order valence-corrected chi connectivity index (χ0v) is 20.7. The summed E-state index contributed by atoms with van der Waals surface area (Å²) in [4.78, 5) is 0. The minimum absolute atomic E-state index is 0. The SMILES string of the molecule is Cl.Cl.Cl.NCCCCNCCCCNCCCc1c2ccccc2cc2ccccc12. The molecule has 4 N–H and O–H groups in total. The maximum Gasteiger partial charge on any atom is -0.00457 e. The summed E-state index contributed by atoms with van der Waals surface area (Å²) in [6, 6.07) is 19.9. The van der Waals surface area contributed by atoms with Gasteiger partial charge in [0.2, 0.25) is 0 Å². The van der Waals surface area contributed by atoms with Gasteiger partial charge in [-0.3, -0.25) is 0 Å². The molecule has 3 rings (SSSR count). The van der Waals surface area contributed by atoms with Gasteiger partial charge < -0.3 is 16.4 Å². The Morgan fingerprint density at radius 1 is 0.581 bits per heavy atom. The molecule has 0 fully saturated rings. The Kier molecular flexibility index (Phi) is 16.9. The van der Waals surface area contributed by atoms with Gasteiger partial charge in [-0.25, -0.2) is 0 Å². The highest BCUT2D eigenvalue weighted by Gasteiger charge is 2.06. The van der Waals surface area contributed by atoms with Gasteiger partial charge >= 0.3 is 0 Å². The largest absolute Gasteiger partial charge is 0.330 e. The molecule has 0 heterocycles. The maximum absolute atomic E-state index is 5.50. The lowest BCUT2D eigenvalue weighted by Gasteiger charge is -2.12. The number of benzene rings is 3. The third kappa shape index (κ3) is 9.53. The fourth-order valence-electron chi connectivity index (χ4n) is 3.91. The van der Waals surface area contributed by atoms with Gasteiger partial charge in [0.15, 0.2) is 0 Å². The smallest absolute Gasteiger partial charge is 0.00457 e. The monoisotopic (exact) mass is 485 g/mol. The molecule has 0 aliphatic rings. The van der Waals surface area contributed by atoms with Gasteiger partial charge in [-0.05, 0) is 104 Å². The fourth-order valence-corrected chi connectivity index (χ4v) is 3.91. The van der Waals surface area contributed by atoms with E-state index < -0.39 is 0 Å². The molecule has 0 saturated carbocycles. The Labute approximate surface area is 206 Å². The van der Waals surface area contributed by atoms with E-state index in [1.165, 1.54) is 52.8 Å². The predicted molar refractivity (Wildman–Crippen MR) is 145 cm³/mol. The zero-order chi connectivity index (χ0) is 19.4. The Morgan fingerprint density at radius 2 is 1.03 bits per heavy atom. The van der Waals surface area contributed by atoms with E-state index in [0.29, 0.717) is 0 Å². The normalized spacial score (nSPS) is 10.4. The molecular formula is C25H38Cl3N3. The number of rotatable bonds is 13. The lowest BCUT2D eigenvalue weighted by atomic mass is 9.94. The highest BCUT2D eigenvalue weighted by Crippen LogP contribution is 2.29. The van der Waals surface area contributed by atoms with E-state index in [1.807, 2.05) is 0 Å². The van der Waals surface area contributed by atoms with E-state index in [1.54, 1.807) is 0 Å². The molecule has 0 aliphatic heterocycles. The van der Waals surface area contributed by atoms with Crippen molar-refractivity contribution in [1.82, 2.24) is 10.6 Å². The van der Waals surface area contributed by atoms with E-state index in [-0.39, 0.29) is 37.2 Å². The number of fused-ring (bicyclic) bond motifs is 2. The summed E-state index contributed by atoms with van der Waals surface area (Å²) in [6.07, 6.45) is 7.09. The van der Waals surface area contributed by atoms with E-state index in [2.05, 4.69) is 65.2 Å². The van der Waals surface area contributed by atoms with Crippen molar-refractivity contribution in [1.29, 1.82) is 0 Å². The van der Waals surface area contributed by atoms with Crippen LogP contribution in [0.3, 0.4) is 0 Å². The first-order chi connectivity index (χ1) is 13.9. The summed E-state index contributed by atoms with van der Waals surface area (Å²) in [5.41, 5.74) is 7.00. The minimum Gasteiger partial charge on any atom is -0.330 e. The highest BCUT2D eigenvalue weighted by molar-refractivity contribution is 6.02. The number of hydrogen-bond acceptors (Lipinski definition) is 3. The van der Waals surface area contributed by atoms with Crippen LogP contribution in [-0.2, 0) is 6.42 Å². The van der Waals surface area contributed by atoms with Crippen LogP contribution in [0.5, 0.6) is 0 Å². The molecule has 174 valence electrons. The standard InChI is InChI=1S/C25H35N3.3ClH/c26-15-5-6-16-27-17-7-8-18-28-19-9-14-25-23-12-3-1-10-21(23)20-22-11-2-4-13-24(22)25;;;/h1-4,10-13,20,27-28H,5-9,14-19,26H2;3*1H. The number of nitrogens with two attached hydrogens (primary N) is 1. The third-order valence-corrected chi connectivity index (χ3v) is 5.43. The van der Waals surface area contributed by atoms with E-state index in [9.17, 15) is 0 Å². The minimum atomic E-state index is 0. The second-order valence-corrected chi connectivity index (χ2v) is 7.60. The van der Waals surface area contributed by atoms with Gasteiger partial charge in [0, 0.05) is 0 Å². The van der Waals surface area contributed by atoms with Gasteiger partial charge in [-0.1, -0.05) is 48.5 Å².